The van der Waals surface area contributed by atoms with Crippen LogP contribution in [0.25, 0.3) is 0 Å². The first-order chi connectivity index (χ1) is 12.9. The lowest BCUT2D eigenvalue weighted by molar-refractivity contribution is -0.164. The molecule has 1 aliphatic rings. The minimum atomic E-state index is -1.25. The van der Waals surface area contributed by atoms with E-state index in [1.807, 2.05) is 0 Å². The summed E-state index contributed by atoms with van der Waals surface area (Å²) < 4.78 is 5.91. The fraction of sp³-hybridized carbons (Fsp3) is 0.571. The molecular formula is C21H30N2O5. The predicted octanol–water partition coefficient (Wildman–Crippen LogP) is 2.40. The number of hydrogen-bond acceptors (Lipinski definition) is 5. The quantitative estimate of drug-likeness (QED) is 0.615. The molecule has 1 fully saturated rings. The van der Waals surface area contributed by atoms with Gasteiger partial charge in [-0.05, 0) is 18.4 Å². The van der Waals surface area contributed by atoms with Gasteiger partial charge in [0.2, 0.25) is 5.91 Å². The van der Waals surface area contributed by atoms with E-state index in [4.69, 9.17) is 15.6 Å². The Labute approximate surface area is 165 Å². The van der Waals surface area contributed by atoms with Crippen LogP contribution < -0.4 is 11.1 Å². The van der Waals surface area contributed by atoms with E-state index in [2.05, 4.69) is 33.0 Å². The lowest BCUT2D eigenvalue weighted by Crippen LogP contribution is -2.47. The van der Waals surface area contributed by atoms with Crippen LogP contribution in [0.2, 0.25) is 0 Å². The van der Waals surface area contributed by atoms with Crippen LogP contribution in [0.1, 0.15) is 58.6 Å². The number of esters is 1. The third-order valence-electron chi connectivity index (χ3n) is 5.45. The molecule has 7 heteroatoms. The van der Waals surface area contributed by atoms with Crippen LogP contribution >= 0.6 is 0 Å². The summed E-state index contributed by atoms with van der Waals surface area (Å²) in [5, 5.41) is 11.4. The van der Waals surface area contributed by atoms with Crippen molar-refractivity contribution in [2.24, 2.45) is 16.6 Å². The zero-order valence-electron chi connectivity index (χ0n) is 16.9. The molecule has 2 atom stereocenters. The van der Waals surface area contributed by atoms with Gasteiger partial charge in [0.1, 0.15) is 6.10 Å². The van der Waals surface area contributed by atoms with Crippen LogP contribution in [0, 0.1) is 10.8 Å². The molecule has 2 rings (SSSR count). The smallest absolute Gasteiger partial charge is 0.333 e. The summed E-state index contributed by atoms with van der Waals surface area (Å²) in [6.07, 6.45) is 1.04. The summed E-state index contributed by atoms with van der Waals surface area (Å²) in [5.41, 5.74) is 5.85. The third-order valence-corrected chi connectivity index (χ3v) is 5.45. The Hall–Kier alpha value is -2.41. The number of nitrogens with two attached hydrogens (primary N) is 1. The van der Waals surface area contributed by atoms with E-state index in [-0.39, 0.29) is 16.9 Å². The first kappa shape index (κ1) is 21.9. The number of nitrogens with one attached hydrogen (secondary N) is 1. The number of ether oxygens (including phenoxy) is 1. The van der Waals surface area contributed by atoms with Gasteiger partial charge in [-0.25, -0.2) is 4.79 Å². The SMILES string of the molecule is CC1(C)CCC(C)(C)C1OC(=O)[C@H](NC(=O)[C@@H](N)CC(=O)O)c1ccccc1. The second-order valence-electron chi connectivity index (χ2n) is 8.85. The lowest BCUT2D eigenvalue weighted by atomic mass is 9.81. The Morgan fingerprint density at radius 2 is 1.68 bits per heavy atom. The van der Waals surface area contributed by atoms with E-state index in [0.29, 0.717) is 5.56 Å². The van der Waals surface area contributed by atoms with E-state index in [9.17, 15) is 14.4 Å². The highest BCUT2D eigenvalue weighted by Crippen LogP contribution is 2.50. The minimum absolute atomic E-state index is 0.176. The van der Waals surface area contributed by atoms with Crippen molar-refractivity contribution in [3.63, 3.8) is 0 Å². The highest BCUT2D eigenvalue weighted by molar-refractivity contribution is 5.90. The average Bonchev–Trinajstić information content (AvgIpc) is 2.82. The molecule has 1 aliphatic carbocycles. The van der Waals surface area contributed by atoms with Crippen LogP contribution in [0.4, 0.5) is 0 Å². The molecule has 4 N–H and O–H groups in total. The molecule has 0 saturated heterocycles. The summed E-state index contributed by atoms with van der Waals surface area (Å²) in [6, 6.07) is 6.41. The Morgan fingerprint density at radius 1 is 1.14 bits per heavy atom. The summed E-state index contributed by atoms with van der Waals surface area (Å²) in [6.45, 7) is 8.27. The van der Waals surface area contributed by atoms with Crippen molar-refractivity contribution in [3.05, 3.63) is 35.9 Å². The van der Waals surface area contributed by atoms with Gasteiger partial charge in [0, 0.05) is 10.8 Å². The van der Waals surface area contributed by atoms with Gasteiger partial charge in [0.15, 0.2) is 6.04 Å². The van der Waals surface area contributed by atoms with Crippen LogP contribution in [0.5, 0.6) is 0 Å². The summed E-state index contributed by atoms with van der Waals surface area (Å²) in [7, 11) is 0. The molecule has 1 amide bonds. The molecule has 0 radical (unpaired) electrons. The highest BCUT2D eigenvalue weighted by atomic mass is 16.5. The van der Waals surface area contributed by atoms with E-state index in [1.165, 1.54) is 0 Å². The van der Waals surface area contributed by atoms with Crippen LogP contribution in [0.15, 0.2) is 30.3 Å². The fourth-order valence-corrected chi connectivity index (χ4v) is 3.92. The molecule has 0 unspecified atom stereocenters. The molecule has 1 aromatic carbocycles. The summed E-state index contributed by atoms with van der Waals surface area (Å²) in [5.74, 6) is -2.47. The average molecular weight is 390 g/mol. The van der Waals surface area contributed by atoms with Gasteiger partial charge in [-0.1, -0.05) is 58.0 Å². The maximum absolute atomic E-state index is 13.1. The van der Waals surface area contributed by atoms with Gasteiger partial charge in [-0.2, -0.15) is 0 Å². The molecule has 7 nitrogen and oxygen atoms in total. The molecule has 154 valence electrons. The maximum Gasteiger partial charge on any atom is 0.333 e. The normalized spacial score (nSPS) is 20.2. The van der Waals surface area contributed by atoms with Crippen molar-refractivity contribution in [1.29, 1.82) is 0 Å². The fourth-order valence-electron chi connectivity index (χ4n) is 3.92. The molecule has 0 aromatic heterocycles. The Balaban J connectivity index is 2.23. The number of benzene rings is 1. The van der Waals surface area contributed by atoms with Gasteiger partial charge in [0.25, 0.3) is 0 Å². The molecule has 1 saturated carbocycles. The van der Waals surface area contributed by atoms with Crippen molar-refractivity contribution >= 4 is 17.8 Å². The topological polar surface area (TPSA) is 119 Å². The summed E-state index contributed by atoms with van der Waals surface area (Å²) in [4.78, 5) is 36.2. The zero-order valence-corrected chi connectivity index (χ0v) is 16.9. The van der Waals surface area contributed by atoms with Crippen molar-refractivity contribution in [3.8, 4) is 0 Å². The van der Waals surface area contributed by atoms with E-state index >= 15 is 0 Å². The number of aliphatic carboxylic acids is 1. The van der Waals surface area contributed by atoms with Crippen LogP contribution in [0.3, 0.4) is 0 Å². The Bertz CT molecular complexity index is 714. The largest absolute Gasteiger partial charge is 0.481 e. The van der Waals surface area contributed by atoms with Crippen molar-refractivity contribution in [1.82, 2.24) is 5.32 Å². The number of carboxylic acids is 1. The van der Waals surface area contributed by atoms with E-state index in [1.54, 1.807) is 30.3 Å². The Kier molecular flexibility index (Phi) is 6.49. The van der Waals surface area contributed by atoms with Crippen LogP contribution in [-0.4, -0.2) is 35.1 Å². The van der Waals surface area contributed by atoms with Crippen molar-refractivity contribution in [2.45, 2.75) is 65.1 Å². The first-order valence-electron chi connectivity index (χ1n) is 9.47. The van der Waals surface area contributed by atoms with E-state index < -0.39 is 36.4 Å². The first-order valence-corrected chi connectivity index (χ1v) is 9.47. The van der Waals surface area contributed by atoms with Gasteiger partial charge >= 0.3 is 11.9 Å². The molecule has 1 aromatic rings. The Morgan fingerprint density at radius 3 is 2.18 bits per heavy atom. The highest BCUT2D eigenvalue weighted by Gasteiger charge is 2.50. The van der Waals surface area contributed by atoms with Gasteiger partial charge in [-0.15, -0.1) is 0 Å². The number of rotatable bonds is 7. The third kappa shape index (κ3) is 5.10. The molecular weight excluding hydrogens is 360 g/mol. The van der Waals surface area contributed by atoms with Crippen molar-refractivity contribution < 1.29 is 24.2 Å². The number of amides is 1. The van der Waals surface area contributed by atoms with E-state index in [0.717, 1.165) is 12.8 Å². The molecule has 0 heterocycles. The number of carboxylic acid groups (broad SMARTS) is 1. The summed E-state index contributed by atoms with van der Waals surface area (Å²) >= 11 is 0. The molecule has 0 bridgehead atoms. The standard InChI is InChI=1S/C21H30N2O5/c1-20(2)10-11-21(3,4)19(20)28-18(27)16(13-8-6-5-7-9-13)23-17(26)14(22)12-15(24)25/h5-9,14,16,19H,10-12,22H2,1-4H3,(H,23,26)(H,24,25)/t14-,16+/m0/s1. The monoisotopic (exact) mass is 390 g/mol. The van der Waals surface area contributed by atoms with Gasteiger partial charge < -0.3 is 20.9 Å². The second-order valence-corrected chi connectivity index (χ2v) is 8.85. The maximum atomic E-state index is 13.1. The number of hydrogen-bond donors (Lipinski definition) is 3. The van der Waals surface area contributed by atoms with Crippen molar-refractivity contribution in [2.75, 3.05) is 0 Å². The van der Waals surface area contributed by atoms with Gasteiger partial charge in [0.05, 0.1) is 12.5 Å². The van der Waals surface area contributed by atoms with Gasteiger partial charge in [-0.3, -0.25) is 9.59 Å². The number of carbonyl (C=O) groups is 3. The predicted molar refractivity (Wildman–Crippen MR) is 104 cm³/mol. The lowest BCUT2D eigenvalue weighted by Gasteiger charge is -2.35. The minimum Gasteiger partial charge on any atom is -0.481 e. The second kappa shape index (κ2) is 8.31. The zero-order chi connectivity index (χ0) is 21.1. The molecule has 0 aliphatic heterocycles. The molecule has 28 heavy (non-hydrogen) atoms. The molecule has 0 spiro atoms. The van der Waals surface area contributed by atoms with Crippen LogP contribution in [-0.2, 0) is 19.1 Å². The number of carbonyl (C=O) groups excluding carboxylic acids is 2.